The predicted octanol–water partition coefficient (Wildman–Crippen LogP) is 6.25. The third-order valence-corrected chi connectivity index (χ3v) is 3.86. The van der Waals surface area contributed by atoms with Crippen LogP contribution >= 0.6 is 0 Å². The number of alkyl halides is 3. The molecule has 0 atom stereocenters. The van der Waals surface area contributed by atoms with Gasteiger partial charge in [0.2, 0.25) is 5.75 Å². The van der Waals surface area contributed by atoms with Gasteiger partial charge in [0.1, 0.15) is 0 Å². The van der Waals surface area contributed by atoms with Gasteiger partial charge in [0.15, 0.2) is 11.6 Å². The van der Waals surface area contributed by atoms with Crippen LogP contribution in [0, 0.1) is 11.6 Å². The summed E-state index contributed by atoms with van der Waals surface area (Å²) in [7, 11) is 0. The van der Waals surface area contributed by atoms with Gasteiger partial charge in [-0.3, -0.25) is 0 Å². The number of hydrogen-bond donors (Lipinski definition) is 0. The van der Waals surface area contributed by atoms with Crippen molar-refractivity contribution in [2.75, 3.05) is 0 Å². The molecule has 0 aromatic heterocycles. The first kappa shape index (κ1) is 17.2. The van der Waals surface area contributed by atoms with Gasteiger partial charge in [-0.25, -0.2) is 8.78 Å². The molecule has 3 aromatic carbocycles. The molecular formula is C19H13F5O. The van der Waals surface area contributed by atoms with Crippen LogP contribution in [0.3, 0.4) is 0 Å². The van der Waals surface area contributed by atoms with Crippen molar-refractivity contribution in [3.8, 4) is 16.9 Å². The molecule has 0 saturated carbocycles. The molecule has 0 unspecified atom stereocenters. The fourth-order valence-corrected chi connectivity index (χ4v) is 2.63. The Kier molecular flexibility index (Phi) is 4.37. The maximum Gasteiger partial charge on any atom is 0.573 e. The van der Waals surface area contributed by atoms with Crippen LogP contribution in [0.1, 0.15) is 12.5 Å². The molecule has 0 heterocycles. The normalized spacial score (nSPS) is 11.8. The lowest BCUT2D eigenvalue weighted by atomic mass is 9.99. The molecule has 1 nitrogen and oxygen atoms in total. The smallest absolute Gasteiger partial charge is 0.399 e. The molecule has 25 heavy (non-hydrogen) atoms. The molecule has 0 aliphatic carbocycles. The molecule has 0 fully saturated rings. The number of hydrogen-bond acceptors (Lipinski definition) is 1. The van der Waals surface area contributed by atoms with Crippen molar-refractivity contribution in [2.24, 2.45) is 0 Å². The summed E-state index contributed by atoms with van der Waals surface area (Å²) < 4.78 is 67.8. The van der Waals surface area contributed by atoms with Crippen LogP contribution in [0.5, 0.6) is 5.75 Å². The zero-order valence-corrected chi connectivity index (χ0v) is 13.1. The molecule has 0 bridgehead atoms. The Hall–Kier alpha value is -2.63. The van der Waals surface area contributed by atoms with E-state index in [1.807, 2.05) is 25.1 Å². The average molecular weight is 352 g/mol. The number of aryl methyl sites for hydroxylation is 1. The van der Waals surface area contributed by atoms with Gasteiger partial charge in [0, 0.05) is 0 Å². The van der Waals surface area contributed by atoms with Crippen LogP contribution in [0.4, 0.5) is 22.0 Å². The van der Waals surface area contributed by atoms with E-state index in [2.05, 4.69) is 4.74 Å². The first-order valence-electron chi connectivity index (χ1n) is 7.54. The van der Waals surface area contributed by atoms with Crippen LogP contribution in [0.25, 0.3) is 21.9 Å². The van der Waals surface area contributed by atoms with E-state index < -0.39 is 23.7 Å². The first-order valence-corrected chi connectivity index (χ1v) is 7.54. The number of fused-ring (bicyclic) bond motifs is 1. The Labute approximate surface area is 140 Å². The lowest BCUT2D eigenvalue weighted by Crippen LogP contribution is -2.19. The van der Waals surface area contributed by atoms with E-state index in [4.69, 9.17) is 0 Å². The van der Waals surface area contributed by atoms with E-state index in [0.29, 0.717) is 5.56 Å². The maximum atomic E-state index is 13.9. The van der Waals surface area contributed by atoms with Crippen molar-refractivity contribution in [3.05, 3.63) is 65.7 Å². The average Bonchev–Trinajstić information content (AvgIpc) is 2.56. The Morgan fingerprint density at radius 3 is 2.00 bits per heavy atom. The van der Waals surface area contributed by atoms with Gasteiger partial charge in [0.25, 0.3) is 0 Å². The molecule has 0 radical (unpaired) electrons. The second-order valence-corrected chi connectivity index (χ2v) is 5.57. The highest BCUT2D eigenvalue weighted by Gasteiger charge is 2.34. The molecule has 130 valence electrons. The van der Waals surface area contributed by atoms with Crippen LogP contribution < -0.4 is 4.74 Å². The van der Waals surface area contributed by atoms with Gasteiger partial charge in [-0.05, 0) is 52.1 Å². The molecule has 0 aliphatic heterocycles. The van der Waals surface area contributed by atoms with Crippen molar-refractivity contribution in [2.45, 2.75) is 19.7 Å². The fourth-order valence-electron chi connectivity index (χ4n) is 2.63. The summed E-state index contributed by atoms with van der Waals surface area (Å²) in [5.74, 6) is -4.27. The minimum Gasteiger partial charge on any atom is -0.399 e. The Morgan fingerprint density at radius 1 is 0.800 bits per heavy atom. The number of benzene rings is 3. The van der Waals surface area contributed by atoms with E-state index >= 15 is 0 Å². The summed E-state index contributed by atoms with van der Waals surface area (Å²) in [6, 6.07) is 12.7. The molecule has 0 aliphatic rings. The standard InChI is InChI=1S/C19H13F5O/c1-2-11-3-4-13-8-14(6-5-12(13)7-11)15-9-16(20)18(17(21)10-15)25-19(22,23)24/h3-10H,2H2,1H3. The van der Waals surface area contributed by atoms with E-state index in [9.17, 15) is 22.0 Å². The van der Waals surface area contributed by atoms with Crippen LogP contribution in [-0.4, -0.2) is 6.36 Å². The Morgan fingerprint density at radius 2 is 1.40 bits per heavy atom. The van der Waals surface area contributed by atoms with E-state index in [1.165, 1.54) is 0 Å². The van der Waals surface area contributed by atoms with Gasteiger partial charge in [-0.15, -0.1) is 13.2 Å². The third kappa shape index (κ3) is 3.73. The maximum absolute atomic E-state index is 13.9. The highest BCUT2D eigenvalue weighted by molar-refractivity contribution is 5.88. The Balaban J connectivity index is 2.03. The highest BCUT2D eigenvalue weighted by Crippen LogP contribution is 2.33. The van der Waals surface area contributed by atoms with Crippen LogP contribution in [-0.2, 0) is 6.42 Å². The van der Waals surface area contributed by atoms with Crippen LogP contribution in [0.2, 0.25) is 0 Å². The van der Waals surface area contributed by atoms with Gasteiger partial charge >= 0.3 is 6.36 Å². The molecule has 6 heteroatoms. The van der Waals surface area contributed by atoms with E-state index in [-0.39, 0.29) is 5.56 Å². The number of rotatable bonds is 3. The largest absolute Gasteiger partial charge is 0.573 e. The predicted molar refractivity (Wildman–Crippen MR) is 85.4 cm³/mol. The monoisotopic (exact) mass is 352 g/mol. The van der Waals surface area contributed by atoms with Crippen molar-refractivity contribution >= 4 is 10.8 Å². The van der Waals surface area contributed by atoms with Gasteiger partial charge in [-0.2, -0.15) is 0 Å². The second kappa shape index (κ2) is 6.35. The summed E-state index contributed by atoms with van der Waals surface area (Å²) in [6.45, 7) is 2.03. The van der Waals surface area contributed by atoms with Crippen molar-refractivity contribution in [3.63, 3.8) is 0 Å². The molecule has 0 saturated heterocycles. The Bertz CT molecular complexity index is 908. The summed E-state index contributed by atoms with van der Waals surface area (Å²) in [5, 5.41) is 1.84. The van der Waals surface area contributed by atoms with Crippen LogP contribution in [0.15, 0.2) is 48.5 Å². The summed E-state index contributed by atoms with van der Waals surface area (Å²) in [6.07, 6.45) is -4.28. The molecule has 3 aromatic rings. The lowest BCUT2D eigenvalue weighted by molar-refractivity contribution is -0.276. The minimum absolute atomic E-state index is 0.131. The van der Waals surface area contributed by atoms with Crippen molar-refractivity contribution < 1.29 is 26.7 Å². The SMILES string of the molecule is CCc1ccc2cc(-c3cc(F)c(OC(F)(F)F)c(F)c3)ccc2c1. The fraction of sp³-hybridized carbons (Fsp3) is 0.158. The number of halogens is 5. The topological polar surface area (TPSA) is 9.23 Å². The number of ether oxygens (including phenoxy) is 1. The molecule has 0 amide bonds. The van der Waals surface area contributed by atoms with E-state index in [1.54, 1.807) is 18.2 Å². The zero-order valence-electron chi connectivity index (χ0n) is 13.1. The van der Waals surface area contributed by atoms with Crippen molar-refractivity contribution in [1.29, 1.82) is 0 Å². The zero-order chi connectivity index (χ0) is 18.2. The second-order valence-electron chi connectivity index (χ2n) is 5.57. The first-order chi connectivity index (χ1) is 11.8. The van der Waals surface area contributed by atoms with E-state index in [0.717, 1.165) is 34.9 Å². The molecular weight excluding hydrogens is 339 g/mol. The molecule has 0 spiro atoms. The molecule has 0 N–H and O–H groups in total. The lowest BCUT2D eigenvalue weighted by Gasteiger charge is -2.12. The summed E-state index contributed by atoms with van der Waals surface area (Å²) >= 11 is 0. The minimum atomic E-state index is -5.16. The van der Waals surface area contributed by atoms with Crippen molar-refractivity contribution in [1.82, 2.24) is 0 Å². The summed E-state index contributed by atoms with van der Waals surface area (Å²) in [5.41, 5.74) is 1.78. The summed E-state index contributed by atoms with van der Waals surface area (Å²) in [4.78, 5) is 0. The molecule has 3 rings (SSSR count). The third-order valence-electron chi connectivity index (χ3n) is 3.86. The van der Waals surface area contributed by atoms with Gasteiger partial charge in [0.05, 0.1) is 0 Å². The van der Waals surface area contributed by atoms with Gasteiger partial charge < -0.3 is 4.74 Å². The quantitative estimate of drug-likeness (QED) is 0.507. The highest BCUT2D eigenvalue weighted by atomic mass is 19.4. The van der Waals surface area contributed by atoms with Gasteiger partial charge in [-0.1, -0.05) is 37.3 Å².